The van der Waals surface area contributed by atoms with Crippen molar-refractivity contribution in [3.8, 4) is 0 Å². The number of aromatic carboxylic acids is 1. The maximum absolute atomic E-state index is 13.5. The second kappa shape index (κ2) is 13.1. The predicted octanol–water partition coefficient (Wildman–Crippen LogP) is 3.91. The monoisotopic (exact) mass is 543 g/mol. The van der Waals surface area contributed by atoms with Crippen LogP contribution in [-0.4, -0.2) is 58.6 Å². The fraction of sp³-hybridized carbons (Fsp3) is 0.200. The molecule has 4 rings (SSSR count). The maximum Gasteiger partial charge on any atom is 0.407 e. The van der Waals surface area contributed by atoms with Crippen LogP contribution in [0.2, 0.25) is 0 Å². The number of methoxy groups -OCH3 is 1. The van der Waals surface area contributed by atoms with Gasteiger partial charge < -0.3 is 29.8 Å². The second-order valence-electron chi connectivity index (χ2n) is 9.04. The summed E-state index contributed by atoms with van der Waals surface area (Å²) >= 11 is 0. The molecule has 0 aliphatic heterocycles. The van der Waals surface area contributed by atoms with E-state index < -0.39 is 36.5 Å². The Morgan fingerprint density at radius 3 is 2.33 bits per heavy atom. The standard InChI is InChI=1S/C30H29N3O7/c1-39-29(37)26(15-23-16-31-25-10-6-5-9-24(23)25)33(18-20-11-13-22(14-12-20)28(35)36)27(34)17-32-30(38)40-19-21-7-3-2-4-8-21/h2-14,16,26,31H,15,17-19H2,1H3,(H,32,38)(H,35,36). The van der Waals surface area contributed by atoms with Crippen LogP contribution in [-0.2, 0) is 38.6 Å². The zero-order chi connectivity index (χ0) is 28.5. The first-order valence-electron chi connectivity index (χ1n) is 12.5. The summed E-state index contributed by atoms with van der Waals surface area (Å²) in [5, 5.41) is 12.6. The van der Waals surface area contributed by atoms with Gasteiger partial charge in [-0.15, -0.1) is 0 Å². The minimum Gasteiger partial charge on any atom is -0.478 e. The van der Waals surface area contributed by atoms with E-state index in [0.29, 0.717) is 5.56 Å². The predicted molar refractivity (Wildman–Crippen MR) is 146 cm³/mol. The van der Waals surface area contributed by atoms with E-state index in [0.717, 1.165) is 22.0 Å². The molecule has 0 aliphatic carbocycles. The van der Waals surface area contributed by atoms with Crippen LogP contribution in [0.25, 0.3) is 10.9 Å². The van der Waals surface area contributed by atoms with Crippen LogP contribution in [0.1, 0.15) is 27.0 Å². The second-order valence-corrected chi connectivity index (χ2v) is 9.04. The number of hydrogen-bond acceptors (Lipinski definition) is 6. The molecule has 3 aromatic carbocycles. The van der Waals surface area contributed by atoms with Crippen molar-refractivity contribution in [2.75, 3.05) is 13.7 Å². The number of carboxylic acid groups (broad SMARTS) is 1. The largest absolute Gasteiger partial charge is 0.478 e. The molecule has 1 unspecified atom stereocenters. The Labute approximate surface area is 230 Å². The number of aromatic amines is 1. The number of benzene rings is 3. The number of aromatic nitrogens is 1. The number of H-pyrrole nitrogens is 1. The Kier molecular flexibility index (Phi) is 9.14. The molecule has 206 valence electrons. The fourth-order valence-electron chi connectivity index (χ4n) is 4.31. The quantitative estimate of drug-likeness (QED) is 0.244. The van der Waals surface area contributed by atoms with Gasteiger partial charge in [0.15, 0.2) is 0 Å². The van der Waals surface area contributed by atoms with Crippen LogP contribution < -0.4 is 5.32 Å². The molecule has 10 nitrogen and oxygen atoms in total. The lowest BCUT2D eigenvalue weighted by Crippen LogP contribution is -2.50. The molecule has 10 heteroatoms. The van der Waals surface area contributed by atoms with Gasteiger partial charge in [0.2, 0.25) is 5.91 Å². The maximum atomic E-state index is 13.5. The highest BCUT2D eigenvalue weighted by Gasteiger charge is 2.32. The average molecular weight is 544 g/mol. The molecule has 0 radical (unpaired) electrons. The summed E-state index contributed by atoms with van der Waals surface area (Å²) in [6.07, 6.45) is 1.15. The van der Waals surface area contributed by atoms with Gasteiger partial charge in [0, 0.05) is 30.1 Å². The first-order chi connectivity index (χ1) is 19.4. The van der Waals surface area contributed by atoms with Crippen LogP contribution >= 0.6 is 0 Å². The molecular weight excluding hydrogens is 514 g/mol. The highest BCUT2D eigenvalue weighted by molar-refractivity contribution is 5.89. The molecule has 3 N–H and O–H groups in total. The minimum absolute atomic E-state index is 0.0262. The van der Waals surface area contributed by atoms with Crippen molar-refractivity contribution in [1.29, 1.82) is 0 Å². The van der Waals surface area contributed by atoms with Crippen molar-refractivity contribution in [3.05, 3.63) is 107 Å². The number of para-hydroxylation sites is 1. The van der Waals surface area contributed by atoms with Gasteiger partial charge in [0.05, 0.1) is 12.7 Å². The van der Waals surface area contributed by atoms with Gasteiger partial charge in [-0.2, -0.15) is 0 Å². The highest BCUT2D eigenvalue weighted by Crippen LogP contribution is 2.22. The number of fused-ring (bicyclic) bond motifs is 1. The SMILES string of the molecule is COC(=O)C(Cc1c[nH]c2ccccc12)N(Cc1ccc(C(=O)O)cc1)C(=O)CNC(=O)OCc1ccccc1. The lowest BCUT2D eigenvalue weighted by atomic mass is 10.0. The lowest BCUT2D eigenvalue weighted by molar-refractivity contribution is -0.153. The number of esters is 1. The number of carbonyl (C=O) groups is 4. The molecule has 2 amide bonds. The van der Waals surface area contributed by atoms with Crippen molar-refractivity contribution >= 4 is 34.8 Å². The molecule has 0 aliphatic rings. The lowest BCUT2D eigenvalue weighted by Gasteiger charge is -2.30. The van der Waals surface area contributed by atoms with Gasteiger partial charge >= 0.3 is 18.0 Å². The Balaban J connectivity index is 1.55. The van der Waals surface area contributed by atoms with Crippen LogP contribution in [0.5, 0.6) is 0 Å². The summed E-state index contributed by atoms with van der Waals surface area (Å²) in [6.45, 7) is -0.421. The van der Waals surface area contributed by atoms with E-state index in [1.165, 1.54) is 24.1 Å². The number of nitrogens with zero attached hydrogens (tertiary/aromatic N) is 1. The average Bonchev–Trinajstić information content (AvgIpc) is 3.39. The topological polar surface area (TPSA) is 138 Å². The third-order valence-corrected chi connectivity index (χ3v) is 6.41. The Hall–Kier alpha value is -5.12. The van der Waals surface area contributed by atoms with Crippen LogP contribution in [0.4, 0.5) is 4.79 Å². The van der Waals surface area contributed by atoms with Gasteiger partial charge in [-0.1, -0.05) is 60.7 Å². The molecular formula is C30H29N3O7. The van der Waals surface area contributed by atoms with Crippen molar-refractivity contribution in [1.82, 2.24) is 15.2 Å². The third kappa shape index (κ3) is 7.04. The molecule has 40 heavy (non-hydrogen) atoms. The summed E-state index contributed by atoms with van der Waals surface area (Å²) in [7, 11) is 1.24. The number of ether oxygens (including phenoxy) is 2. The Bertz CT molecular complexity index is 1480. The number of carbonyl (C=O) groups excluding carboxylic acids is 3. The smallest absolute Gasteiger partial charge is 0.407 e. The summed E-state index contributed by atoms with van der Waals surface area (Å²) in [4.78, 5) is 54.6. The number of hydrogen-bond donors (Lipinski definition) is 3. The van der Waals surface area contributed by atoms with E-state index >= 15 is 0 Å². The van der Waals surface area contributed by atoms with Gasteiger partial charge in [-0.3, -0.25) is 4.79 Å². The first-order valence-corrected chi connectivity index (χ1v) is 12.5. The van der Waals surface area contributed by atoms with E-state index in [2.05, 4.69) is 10.3 Å². The summed E-state index contributed by atoms with van der Waals surface area (Å²) < 4.78 is 10.3. The molecule has 0 saturated heterocycles. The van der Waals surface area contributed by atoms with Gasteiger partial charge in [-0.05, 0) is 34.9 Å². The number of rotatable bonds is 11. The Morgan fingerprint density at radius 1 is 0.925 bits per heavy atom. The molecule has 1 aromatic heterocycles. The number of nitrogens with one attached hydrogen (secondary N) is 2. The first kappa shape index (κ1) is 27.9. The van der Waals surface area contributed by atoms with Gasteiger partial charge in [0.1, 0.15) is 19.2 Å². The molecule has 1 atom stereocenters. The summed E-state index contributed by atoms with van der Waals surface area (Å²) in [6, 6.07) is 21.7. The molecule has 0 saturated carbocycles. The fourth-order valence-corrected chi connectivity index (χ4v) is 4.31. The zero-order valence-corrected chi connectivity index (χ0v) is 21.8. The summed E-state index contributed by atoms with van der Waals surface area (Å²) in [5.74, 6) is -2.26. The van der Waals surface area contributed by atoms with Crippen LogP contribution in [0.3, 0.4) is 0 Å². The third-order valence-electron chi connectivity index (χ3n) is 6.41. The van der Waals surface area contributed by atoms with Crippen molar-refractivity contribution < 1.29 is 33.8 Å². The van der Waals surface area contributed by atoms with Crippen molar-refractivity contribution in [3.63, 3.8) is 0 Å². The molecule has 0 fully saturated rings. The van der Waals surface area contributed by atoms with E-state index in [9.17, 15) is 24.3 Å². The molecule has 1 heterocycles. The van der Waals surface area contributed by atoms with Crippen LogP contribution in [0, 0.1) is 0 Å². The van der Waals surface area contributed by atoms with E-state index in [4.69, 9.17) is 9.47 Å². The molecule has 0 spiro atoms. The van der Waals surface area contributed by atoms with E-state index in [-0.39, 0.29) is 25.1 Å². The number of alkyl carbamates (subject to hydrolysis) is 1. The molecule has 0 bridgehead atoms. The van der Waals surface area contributed by atoms with E-state index in [1.807, 2.05) is 54.6 Å². The zero-order valence-electron chi connectivity index (χ0n) is 21.8. The normalized spacial score (nSPS) is 11.4. The van der Waals surface area contributed by atoms with Crippen molar-refractivity contribution in [2.24, 2.45) is 0 Å². The van der Waals surface area contributed by atoms with Gasteiger partial charge in [-0.25, -0.2) is 14.4 Å². The summed E-state index contributed by atoms with van der Waals surface area (Å²) in [5.41, 5.74) is 3.16. The molecule has 4 aromatic rings. The van der Waals surface area contributed by atoms with Gasteiger partial charge in [0.25, 0.3) is 0 Å². The Morgan fingerprint density at radius 2 is 1.62 bits per heavy atom. The highest BCUT2D eigenvalue weighted by atomic mass is 16.5. The van der Waals surface area contributed by atoms with Crippen molar-refractivity contribution in [2.45, 2.75) is 25.6 Å². The minimum atomic E-state index is -1.08. The number of amides is 2. The van der Waals surface area contributed by atoms with E-state index in [1.54, 1.807) is 18.3 Å². The van der Waals surface area contributed by atoms with Crippen LogP contribution in [0.15, 0.2) is 85.1 Å². The number of carboxylic acids is 1.